The molecule has 30 heavy (non-hydrogen) atoms. The number of alkyl halides is 3. The Morgan fingerprint density at radius 2 is 2.03 bits per heavy atom. The summed E-state index contributed by atoms with van der Waals surface area (Å²) in [4.78, 5) is 20.7. The Balaban J connectivity index is 1.47. The van der Waals surface area contributed by atoms with E-state index in [0.717, 1.165) is 25.0 Å². The van der Waals surface area contributed by atoms with Crippen molar-refractivity contribution in [3.8, 4) is 0 Å². The van der Waals surface area contributed by atoms with E-state index in [1.165, 1.54) is 6.07 Å². The molecule has 0 bridgehead atoms. The first kappa shape index (κ1) is 18.6. The van der Waals surface area contributed by atoms with Crippen LogP contribution >= 0.6 is 0 Å². The third kappa shape index (κ3) is 3.27. The Morgan fingerprint density at radius 1 is 1.23 bits per heavy atom. The molecule has 1 aliphatic carbocycles. The molecule has 5 rings (SSSR count). The molecule has 1 aromatic carbocycles. The van der Waals surface area contributed by atoms with Gasteiger partial charge >= 0.3 is 6.18 Å². The van der Waals surface area contributed by atoms with Crippen LogP contribution in [0.3, 0.4) is 0 Å². The predicted octanol–water partition coefficient (Wildman–Crippen LogP) is 3.73. The van der Waals surface area contributed by atoms with Crippen molar-refractivity contribution in [2.45, 2.75) is 25.6 Å². The summed E-state index contributed by atoms with van der Waals surface area (Å²) in [5.41, 5.74) is 0.813. The average Bonchev–Trinajstić information content (AvgIpc) is 3.40. The number of carbonyl (C=O) groups excluding carboxylic acids is 1. The van der Waals surface area contributed by atoms with Gasteiger partial charge in [0.2, 0.25) is 5.91 Å². The standard InChI is InChI=1S/C20H17F3N6O/c1-28-16-5-4-12(20(21,22)23)8-15(16)25-17(28)10-29-9-13-14(27-29)6-7-24-18(13)26-19(30)11-2-3-11/h4-9,11H,2-3,10H2,1H3,(H,24,26,30). The van der Waals surface area contributed by atoms with E-state index in [4.69, 9.17) is 0 Å². The first-order valence-electron chi connectivity index (χ1n) is 9.45. The molecule has 3 heterocycles. The van der Waals surface area contributed by atoms with Crippen molar-refractivity contribution in [3.05, 3.63) is 48.0 Å². The minimum absolute atomic E-state index is 0.0430. The fraction of sp³-hybridized carbons (Fsp3) is 0.300. The highest BCUT2D eigenvalue weighted by atomic mass is 19.4. The summed E-state index contributed by atoms with van der Waals surface area (Å²) in [6.45, 7) is 0.261. The third-order valence-corrected chi connectivity index (χ3v) is 5.28. The van der Waals surface area contributed by atoms with Gasteiger partial charge in [-0.05, 0) is 37.1 Å². The van der Waals surface area contributed by atoms with Gasteiger partial charge in [0, 0.05) is 25.4 Å². The van der Waals surface area contributed by atoms with E-state index in [-0.39, 0.29) is 23.9 Å². The summed E-state index contributed by atoms with van der Waals surface area (Å²) < 4.78 is 42.3. The second kappa shape index (κ2) is 6.54. The highest BCUT2D eigenvalue weighted by Crippen LogP contribution is 2.32. The van der Waals surface area contributed by atoms with E-state index < -0.39 is 11.7 Å². The van der Waals surface area contributed by atoms with Gasteiger partial charge in [0.1, 0.15) is 11.6 Å². The van der Waals surface area contributed by atoms with E-state index in [1.54, 1.807) is 34.8 Å². The highest BCUT2D eigenvalue weighted by Gasteiger charge is 2.31. The molecule has 0 unspecified atom stereocenters. The maximum absolute atomic E-state index is 13.0. The van der Waals surface area contributed by atoms with Crippen LogP contribution in [0.5, 0.6) is 0 Å². The van der Waals surface area contributed by atoms with Gasteiger partial charge in [-0.2, -0.15) is 18.3 Å². The lowest BCUT2D eigenvalue weighted by Crippen LogP contribution is -2.14. The number of benzene rings is 1. The van der Waals surface area contributed by atoms with E-state index >= 15 is 0 Å². The molecule has 7 nitrogen and oxygen atoms in total. The van der Waals surface area contributed by atoms with Crippen LogP contribution in [0, 0.1) is 5.92 Å². The summed E-state index contributed by atoms with van der Waals surface area (Å²) in [5.74, 6) is 1.03. The van der Waals surface area contributed by atoms with Crippen molar-refractivity contribution in [1.82, 2.24) is 24.3 Å². The van der Waals surface area contributed by atoms with Crippen LogP contribution in [0.15, 0.2) is 36.7 Å². The molecule has 3 aromatic heterocycles. The van der Waals surface area contributed by atoms with Crippen molar-refractivity contribution >= 4 is 33.7 Å². The van der Waals surface area contributed by atoms with Crippen LogP contribution in [-0.2, 0) is 24.6 Å². The van der Waals surface area contributed by atoms with Crippen LogP contribution in [0.2, 0.25) is 0 Å². The van der Waals surface area contributed by atoms with Gasteiger partial charge in [0.05, 0.1) is 34.0 Å². The fourth-order valence-corrected chi connectivity index (χ4v) is 3.45. The zero-order valence-corrected chi connectivity index (χ0v) is 15.9. The second-order valence-electron chi connectivity index (χ2n) is 7.47. The lowest BCUT2D eigenvalue weighted by Gasteiger charge is -2.06. The van der Waals surface area contributed by atoms with Crippen molar-refractivity contribution in [3.63, 3.8) is 0 Å². The van der Waals surface area contributed by atoms with Crippen LogP contribution in [0.25, 0.3) is 21.9 Å². The molecular weight excluding hydrogens is 397 g/mol. The maximum atomic E-state index is 13.0. The minimum Gasteiger partial charge on any atom is -0.330 e. The van der Waals surface area contributed by atoms with Gasteiger partial charge in [-0.3, -0.25) is 9.48 Å². The Morgan fingerprint density at radius 3 is 2.77 bits per heavy atom. The van der Waals surface area contributed by atoms with Crippen molar-refractivity contribution in [2.24, 2.45) is 13.0 Å². The van der Waals surface area contributed by atoms with Gasteiger partial charge in [0.25, 0.3) is 0 Å². The molecule has 0 spiro atoms. The summed E-state index contributed by atoms with van der Waals surface area (Å²) in [6, 6.07) is 5.26. The number of fused-ring (bicyclic) bond motifs is 2. The molecule has 0 aliphatic heterocycles. The molecule has 0 radical (unpaired) electrons. The number of hydrogen-bond acceptors (Lipinski definition) is 4. The molecule has 1 aliphatic rings. The summed E-state index contributed by atoms with van der Waals surface area (Å²) in [5, 5.41) is 8.04. The number of imidazole rings is 1. The molecule has 154 valence electrons. The Bertz CT molecular complexity index is 1290. The average molecular weight is 414 g/mol. The van der Waals surface area contributed by atoms with Gasteiger partial charge in [-0.25, -0.2) is 9.97 Å². The molecule has 4 aromatic rings. The number of aryl methyl sites for hydroxylation is 1. The topological polar surface area (TPSA) is 77.6 Å². The van der Waals surface area contributed by atoms with Crippen LogP contribution < -0.4 is 5.32 Å². The molecular formula is C20H17F3N6O. The van der Waals surface area contributed by atoms with Crippen molar-refractivity contribution < 1.29 is 18.0 Å². The Hall–Kier alpha value is -3.43. The summed E-state index contributed by atoms with van der Waals surface area (Å²) in [7, 11) is 1.75. The molecule has 1 saturated carbocycles. The number of nitrogens with one attached hydrogen (secondary N) is 1. The smallest absolute Gasteiger partial charge is 0.330 e. The number of pyridine rings is 1. The third-order valence-electron chi connectivity index (χ3n) is 5.28. The zero-order valence-electron chi connectivity index (χ0n) is 15.9. The highest BCUT2D eigenvalue weighted by molar-refractivity contribution is 6.00. The molecule has 1 N–H and O–H groups in total. The molecule has 0 atom stereocenters. The lowest BCUT2D eigenvalue weighted by atomic mass is 10.2. The van der Waals surface area contributed by atoms with Crippen molar-refractivity contribution in [1.29, 1.82) is 0 Å². The number of halogens is 3. The lowest BCUT2D eigenvalue weighted by molar-refractivity contribution is -0.137. The fourth-order valence-electron chi connectivity index (χ4n) is 3.45. The largest absolute Gasteiger partial charge is 0.416 e. The van der Waals surface area contributed by atoms with Crippen LogP contribution in [0.1, 0.15) is 24.2 Å². The van der Waals surface area contributed by atoms with E-state index in [0.29, 0.717) is 28.1 Å². The summed E-state index contributed by atoms with van der Waals surface area (Å²) in [6.07, 6.45) is 0.703. The Kier molecular flexibility index (Phi) is 4.05. The number of rotatable bonds is 4. The zero-order chi connectivity index (χ0) is 21.0. The number of anilines is 1. The molecule has 1 amide bonds. The molecule has 10 heteroatoms. The summed E-state index contributed by atoms with van der Waals surface area (Å²) >= 11 is 0. The van der Waals surface area contributed by atoms with Crippen LogP contribution in [0.4, 0.5) is 19.0 Å². The van der Waals surface area contributed by atoms with E-state index in [9.17, 15) is 18.0 Å². The minimum atomic E-state index is -4.42. The van der Waals surface area contributed by atoms with Gasteiger partial charge in [0.15, 0.2) is 0 Å². The number of nitrogens with zero attached hydrogens (tertiary/aromatic N) is 5. The predicted molar refractivity (Wildman–Crippen MR) is 104 cm³/mol. The van der Waals surface area contributed by atoms with E-state index in [1.807, 2.05) is 0 Å². The van der Waals surface area contributed by atoms with E-state index in [2.05, 4.69) is 20.4 Å². The molecule has 1 fully saturated rings. The molecule has 0 saturated heterocycles. The van der Waals surface area contributed by atoms with Gasteiger partial charge in [-0.15, -0.1) is 0 Å². The number of carbonyl (C=O) groups is 1. The Labute approximate surface area is 168 Å². The first-order chi connectivity index (χ1) is 14.3. The van der Waals surface area contributed by atoms with Gasteiger partial charge in [-0.1, -0.05) is 0 Å². The monoisotopic (exact) mass is 414 g/mol. The number of aromatic nitrogens is 5. The number of amides is 1. The SMILES string of the molecule is Cn1c(Cn2cc3c(NC(=O)C4CC4)nccc3n2)nc2cc(C(F)(F)F)ccc21. The van der Waals surface area contributed by atoms with Crippen LogP contribution in [-0.4, -0.2) is 30.2 Å². The normalized spacial score (nSPS) is 14.5. The number of hydrogen-bond donors (Lipinski definition) is 1. The quantitative estimate of drug-likeness (QED) is 0.552. The van der Waals surface area contributed by atoms with Gasteiger partial charge < -0.3 is 9.88 Å². The first-order valence-corrected chi connectivity index (χ1v) is 9.45. The maximum Gasteiger partial charge on any atom is 0.416 e. The second-order valence-corrected chi connectivity index (χ2v) is 7.47. The van der Waals surface area contributed by atoms with Crippen molar-refractivity contribution in [2.75, 3.05) is 5.32 Å².